The van der Waals surface area contributed by atoms with Crippen molar-refractivity contribution < 1.29 is 14.3 Å². The highest BCUT2D eigenvalue weighted by Crippen LogP contribution is 2.27. The van der Waals surface area contributed by atoms with Gasteiger partial charge in [-0.3, -0.25) is 9.59 Å². The molecule has 6 nitrogen and oxygen atoms in total. The largest absolute Gasteiger partial charge is 0.377 e. The van der Waals surface area contributed by atoms with Gasteiger partial charge in [0.15, 0.2) is 0 Å². The first kappa shape index (κ1) is 26.2. The molecular weight excluding hydrogens is 402 g/mol. The molecule has 0 aromatic heterocycles. The molecule has 1 N–H and O–H groups in total. The van der Waals surface area contributed by atoms with Gasteiger partial charge in [-0.25, -0.2) is 0 Å². The second-order valence-corrected chi connectivity index (χ2v) is 10.4. The Kier molecular flexibility index (Phi) is 10.0. The number of nitrogens with one attached hydrogen (secondary N) is 1. The molecule has 1 aliphatic rings. The van der Waals surface area contributed by atoms with E-state index >= 15 is 0 Å². The van der Waals surface area contributed by atoms with Crippen LogP contribution in [0.3, 0.4) is 0 Å². The molecule has 180 valence electrons. The van der Waals surface area contributed by atoms with Crippen molar-refractivity contribution in [1.82, 2.24) is 4.90 Å². The number of carbonyl (C=O) groups is 2. The third-order valence-corrected chi connectivity index (χ3v) is 5.70. The summed E-state index contributed by atoms with van der Waals surface area (Å²) in [4.78, 5) is 29.6. The van der Waals surface area contributed by atoms with Gasteiger partial charge in [0.05, 0.1) is 6.10 Å². The van der Waals surface area contributed by atoms with Crippen molar-refractivity contribution in [2.45, 2.75) is 85.3 Å². The van der Waals surface area contributed by atoms with Gasteiger partial charge in [0.1, 0.15) is 0 Å². The molecule has 1 aromatic rings. The fourth-order valence-corrected chi connectivity index (χ4v) is 4.05. The predicted molar refractivity (Wildman–Crippen MR) is 132 cm³/mol. The van der Waals surface area contributed by atoms with E-state index in [1.54, 1.807) is 0 Å². The number of nitrogens with zero attached hydrogens (tertiary/aromatic N) is 2. The Morgan fingerprint density at radius 1 is 1.19 bits per heavy atom. The molecule has 0 spiro atoms. The first-order valence-corrected chi connectivity index (χ1v) is 12.1. The zero-order chi connectivity index (χ0) is 23.7. The molecule has 1 atom stereocenters. The van der Waals surface area contributed by atoms with E-state index < -0.39 is 0 Å². The van der Waals surface area contributed by atoms with E-state index in [1.807, 2.05) is 37.2 Å². The van der Waals surface area contributed by atoms with Crippen LogP contribution in [0.15, 0.2) is 18.2 Å². The lowest BCUT2D eigenvalue weighted by atomic mass is 9.91. The Morgan fingerprint density at radius 2 is 1.94 bits per heavy atom. The number of unbranched alkanes of at least 4 members (excludes halogenated alkanes) is 2. The molecule has 0 saturated carbocycles. The van der Waals surface area contributed by atoms with Gasteiger partial charge in [0.25, 0.3) is 0 Å². The lowest BCUT2D eigenvalue weighted by Crippen LogP contribution is -2.38. The lowest BCUT2D eigenvalue weighted by Gasteiger charge is -2.30. The van der Waals surface area contributed by atoms with Crippen molar-refractivity contribution in [2.75, 3.05) is 37.5 Å². The maximum Gasteiger partial charge on any atom is 0.224 e. The predicted octanol–water partition coefficient (Wildman–Crippen LogP) is 5.22. The van der Waals surface area contributed by atoms with Crippen LogP contribution in [0.25, 0.3) is 0 Å². The Morgan fingerprint density at radius 3 is 2.53 bits per heavy atom. The topological polar surface area (TPSA) is 61.9 Å². The number of hydrogen-bond acceptors (Lipinski definition) is 4. The summed E-state index contributed by atoms with van der Waals surface area (Å²) in [5.41, 5.74) is 2.79. The molecule has 0 aliphatic carbocycles. The average molecular weight is 446 g/mol. The molecule has 0 unspecified atom stereocenters. The van der Waals surface area contributed by atoms with Crippen LogP contribution in [0.1, 0.15) is 78.2 Å². The van der Waals surface area contributed by atoms with Gasteiger partial charge in [-0.1, -0.05) is 40.5 Å². The van der Waals surface area contributed by atoms with Crippen molar-refractivity contribution in [3.63, 3.8) is 0 Å². The Labute approximate surface area is 194 Å². The summed E-state index contributed by atoms with van der Waals surface area (Å²) in [5, 5.41) is 3.04. The maximum atomic E-state index is 13.2. The van der Waals surface area contributed by atoms with Crippen LogP contribution in [0, 0.1) is 5.41 Å². The zero-order valence-electron chi connectivity index (χ0n) is 21.0. The SMILES string of the molecule is CCCCCC(=O)Nc1ccc(N(C)C)c(CN(C[C@H]2CCCO2)C(=O)CC(C)(C)C)c1. The van der Waals surface area contributed by atoms with Gasteiger partial charge < -0.3 is 19.9 Å². The molecule has 1 fully saturated rings. The van der Waals surface area contributed by atoms with Crippen LogP contribution in [-0.4, -0.2) is 50.1 Å². The zero-order valence-corrected chi connectivity index (χ0v) is 21.0. The van der Waals surface area contributed by atoms with Gasteiger partial charge in [0.2, 0.25) is 11.8 Å². The quantitative estimate of drug-likeness (QED) is 0.475. The van der Waals surface area contributed by atoms with Crippen LogP contribution in [0.5, 0.6) is 0 Å². The first-order chi connectivity index (χ1) is 15.1. The third-order valence-electron chi connectivity index (χ3n) is 5.70. The highest BCUT2D eigenvalue weighted by atomic mass is 16.5. The van der Waals surface area contributed by atoms with Crippen molar-refractivity contribution in [3.05, 3.63) is 23.8 Å². The number of anilines is 2. The number of carbonyl (C=O) groups excluding carboxylic acids is 2. The highest BCUT2D eigenvalue weighted by molar-refractivity contribution is 5.91. The molecule has 2 rings (SSSR count). The molecule has 0 radical (unpaired) electrons. The molecule has 2 amide bonds. The summed E-state index contributed by atoms with van der Waals surface area (Å²) in [6.07, 6.45) is 6.23. The minimum absolute atomic E-state index is 0.0435. The van der Waals surface area contributed by atoms with E-state index in [0.717, 1.165) is 55.6 Å². The molecule has 6 heteroatoms. The van der Waals surface area contributed by atoms with Crippen molar-refractivity contribution in [1.29, 1.82) is 0 Å². The Balaban J connectivity index is 2.22. The summed E-state index contributed by atoms with van der Waals surface area (Å²) in [5.74, 6) is 0.189. The monoisotopic (exact) mass is 445 g/mol. The number of rotatable bonds is 11. The molecule has 1 aromatic carbocycles. The standard InChI is InChI=1S/C26H43N3O3/c1-7-8-9-12-24(30)27-21-13-14-23(28(5)6)20(16-21)18-29(19-22-11-10-15-32-22)25(31)17-26(2,3)4/h13-14,16,22H,7-12,15,17-19H2,1-6H3,(H,27,30)/t22-/m1/s1. The van der Waals surface area contributed by atoms with Crippen LogP contribution in [-0.2, 0) is 20.9 Å². The Bertz CT molecular complexity index is 749. The van der Waals surface area contributed by atoms with Crippen molar-refractivity contribution in [2.24, 2.45) is 5.41 Å². The van der Waals surface area contributed by atoms with E-state index in [1.165, 1.54) is 0 Å². The minimum atomic E-state index is -0.0788. The molecule has 0 bridgehead atoms. The molecule has 1 saturated heterocycles. The number of amides is 2. The molecule has 1 aliphatic heterocycles. The van der Waals surface area contributed by atoms with Gasteiger partial charge in [-0.2, -0.15) is 0 Å². The maximum absolute atomic E-state index is 13.2. The number of ether oxygens (including phenoxy) is 1. The smallest absolute Gasteiger partial charge is 0.224 e. The van der Waals surface area contributed by atoms with Crippen LogP contribution in [0.2, 0.25) is 0 Å². The van der Waals surface area contributed by atoms with Crippen molar-refractivity contribution >= 4 is 23.2 Å². The summed E-state index contributed by atoms with van der Waals surface area (Å²) < 4.78 is 5.84. The normalized spacial score (nSPS) is 16.1. The fraction of sp³-hybridized carbons (Fsp3) is 0.692. The van der Waals surface area contributed by atoms with E-state index in [-0.39, 0.29) is 23.3 Å². The van der Waals surface area contributed by atoms with Gasteiger partial charge >= 0.3 is 0 Å². The molecule has 1 heterocycles. The second-order valence-electron chi connectivity index (χ2n) is 10.4. The Hall–Kier alpha value is -2.08. The summed E-state index contributed by atoms with van der Waals surface area (Å²) in [6, 6.07) is 5.98. The van der Waals surface area contributed by atoms with Gasteiger partial charge in [0, 0.05) is 58.0 Å². The highest BCUT2D eigenvalue weighted by Gasteiger charge is 2.26. The number of hydrogen-bond donors (Lipinski definition) is 1. The van der Waals surface area contributed by atoms with E-state index in [9.17, 15) is 9.59 Å². The van der Waals surface area contributed by atoms with E-state index in [4.69, 9.17) is 4.74 Å². The van der Waals surface area contributed by atoms with Crippen molar-refractivity contribution in [3.8, 4) is 0 Å². The van der Waals surface area contributed by atoms with E-state index in [2.05, 4.69) is 37.9 Å². The lowest BCUT2D eigenvalue weighted by molar-refractivity contribution is -0.135. The first-order valence-electron chi connectivity index (χ1n) is 12.1. The molecular formula is C26H43N3O3. The van der Waals surface area contributed by atoms with Gasteiger partial charge in [-0.15, -0.1) is 0 Å². The van der Waals surface area contributed by atoms with Gasteiger partial charge in [-0.05, 0) is 48.4 Å². The average Bonchev–Trinajstić information content (AvgIpc) is 3.19. The fourth-order valence-electron chi connectivity index (χ4n) is 4.05. The summed E-state index contributed by atoms with van der Waals surface area (Å²) >= 11 is 0. The minimum Gasteiger partial charge on any atom is -0.377 e. The summed E-state index contributed by atoms with van der Waals surface area (Å²) in [7, 11) is 4.01. The third kappa shape index (κ3) is 8.81. The number of benzene rings is 1. The van der Waals surface area contributed by atoms with Crippen LogP contribution in [0.4, 0.5) is 11.4 Å². The van der Waals surface area contributed by atoms with Crippen LogP contribution >= 0.6 is 0 Å². The van der Waals surface area contributed by atoms with Crippen LogP contribution < -0.4 is 10.2 Å². The molecule has 32 heavy (non-hydrogen) atoms. The summed E-state index contributed by atoms with van der Waals surface area (Å²) in [6.45, 7) is 10.3. The second kappa shape index (κ2) is 12.2. The van der Waals surface area contributed by atoms with E-state index in [0.29, 0.717) is 25.9 Å².